The summed E-state index contributed by atoms with van der Waals surface area (Å²) in [6.45, 7) is 4.66. The minimum absolute atomic E-state index is 0.0370. The van der Waals surface area contributed by atoms with E-state index in [9.17, 15) is 9.59 Å². The van der Waals surface area contributed by atoms with E-state index < -0.39 is 0 Å². The standard InChI is InChI=1S/C20H32N6O2/c1-25-12-18(24-13-25)15-9-21-10-16(15)20(28)26-7-3-4-14(11-26)8-23-19(27)17-5-2-6-22-17/h12-17,21-22H,2-11H2,1H3,(H,23,27)/t14?,15-,16-,17?/m1/s1. The van der Waals surface area contributed by atoms with Gasteiger partial charge in [-0.05, 0) is 38.1 Å². The van der Waals surface area contributed by atoms with Crippen molar-refractivity contribution in [2.24, 2.45) is 18.9 Å². The number of piperidine rings is 1. The number of hydrogen-bond acceptors (Lipinski definition) is 5. The Kier molecular flexibility index (Phi) is 5.96. The molecule has 154 valence electrons. The van der Waals surface area contributed by atoms with Crippen molar-refractivity contribution in [2.45, 2.75) is 37.6 Å². The Bertz CT molecular complexity index is 699. The number of aryl methyl sites for hydroxylation is 1. The molecule has 0 spiro atoms. The number of nitrogens with one attached hydrogen (secondary N) is 3. The number of imidazole rings is 1. The van der Waals surface area contributed by atoms with Crippen LogP contribution in [-0.4, -0.2) is 71.6 Å². The number of aromatic nitrogens is 2. The summed E-state index contributed by atoms with van der Waals surface area (Å²) < 4.78 is 1.94. The first-order chi connectivity index (χ1) is 13.6. The number of nitrogens with zero attached hydrogens (tertiary/aromatic N) is 3. The van der Waals surface area contributed by atoms with Crippen molar-refractivity contribution in [1.82, 2.24) is 30.4 Å². The maximum Gasteiger partial charge on any atom is 0.237 e. The minimum Gasteiger partial charge on any atom is -0.354 e. The molecule has 3 fully saturated rings. The SMILES string of the molecule is Cn1cnc([C@@H]2CNC[C@H]2C(=O)N2CCCC(CNC(=O)C3CCCN3)C2)c1. The fourth-order valence-electron chi connectivity index (χ4n) is 4.82. The Labute approximate surface area is 166 Å². The monoisotopic (exact) mass is 388 g/mol. The average Bonchev–Trinajstić information content (AvgIpc) is 3.46. The van der Waals surface area contributed by atoms with Gasteiger partial charge < -0.3 is 25.4 Å². The summed E-state index contributed by atoms with van der Waals surface area (Å²) in [6.07, 6.45) is 7.87. The van der Waals surface area contributed by atoms with Crippen LogP contribution in [0, 0.1) is 11.8 Å². The lowest BCUT2D eigenvalue weighted by Gasteiger charge is -2.35. The second-order valence-corrected chi connectivity index (χ2v) is 8.52. The zero-order valence-electron chi connectivity index (χ0n) is 16.7. The highest BCUT2D eigenvalue weighted by Gasteiger charge is 2.38. The number of hydrogen-bond donors (Lipinski definition) is 3. The van der Waals surface area contributed by atoms with E-state index in [1.807, 2.05) is 22.7 Å². The molecule has 0 aromatic carbocycles. The van der Waals surface area contributed by atoms with Gasteiger partial charge in [0.1, 0.15) is 0 Å². The van der Waals surface area contributed by atoms with E-state index in [0.29, 0.717) is 19.0 Å². The quantitative estimate of drug-likeness (QED) is 0.652. The average molecular weight is 389 g/mol. The van der Waals surface area contributed by atoms with Gasteiger partial charge in [0.15, 0.2) is 0 Å². The number of likely N-dealkylation sites (tertiary alicyclic amines) is 1. The maximum absolute atomic E-state index is 13.2. The van der Waals surface area contributed by atoms with Gasteiger partial charge in [0.05, 0.1) is 24.0 Å². The third kappa shape index (κ3) is 4.22. The third-order valence-electron chi connectivity index (χ3n) is 6.41. The molecule has 4 heterocycles. The Hall–Kier alpha value is -1.93. The molecule has 2 amide bonds. The lowest BCUT2D eigenvalue weighted by Crippen LogP contribution is -2.48. The fraction of sp³-hybridized carbons (Fsp3) is 0.750. The largest absolute Gasteiger partial charge is 0.354 e. The summed E-state index contributed by atoms with van der Waals surface area (Å²) >= 11 is 0. The first-order valence-corrected chi connectivity index (χ1v) is 10.6. The first-order valence-electron chi connectivity index (χ1n) is 10.6. The maximum atomic E-state index is 13.2. The minimum atomic E-state index is -0.0501. The van der Waals surface area contributed by atoms with Gasteiger partial charge in [-0.2, -0.15) is 0 Å². The molecule has 28 heavy (non-hydrogen) atoms. The highest BCUT2D eigenvalue weighted by molar-refractivity contribution is 5.82. The third-order valence-corrected chi connectivity index (χ3v) is 6.41. The van der Waals surface area contributed by atoms with Crippen LogP contribution in [0.4, 0.5) is 0 Å². The van der Waals surface area contributed by atoms with Gasteiger partial charge in [-0.3, -0.25) is 9.59 Å². The lowest BCUT2D eigenvalue weighted by molar-refractivity contribution is -0.137. The number of carbonyl (C=O) groups excluding carboxylic acids is 2. The molecular formula is C20H32N6O2. The number of rotatable bonds is 5. The summed E-state index contributed by atoms with van der Waals surface area (Å²) in [5, 5.41) is 9.71. The first kappa shape index (κ1) is 19.4. The van der Waals surface area contributed by atoms with E-state index in [-0.39, 0.29) is 29.7 Å². The molecule has 0 radical (unpaired) electrons. The normalized spacial score (nSPS) is 30.5. The Morgan fingerprint density at radius 1 is 1.29 bits per heavy atom. The molecule has 8 heteroatoms. The van der Waals surface area contributed by atoms with Gasteiger partial charge in [0.25, 0.3) is 0 Å². The molecule has 3 N–H and O–H groups in total. The highest BCUT2D eigenvalue weighted by Crippen LogP contribution is 2.30. The van der Waals surface area contributed by atoms with Gasteiger partial charge in [0.2, 0.25) is 11.8 Å². The van der Waals surface area contributed by atoms with Crippen molar-refractivity contribution in [3.8, 4) is 0 Å². The van der Waals surface area contributed by atoms with Crippen LogP contribution < -0.4 is 16.0 Å². The number of carbonyl (C=O) groups is 2. The van der Waals surface area contributed by atoms with Crippen molar-refractivity contribution in [3.63, 3.8) is 0 Å². The van der Waals surface area contributed by atoms with Crippen LogP contribution in [0.2, 0.25) is 0 Å². The van der Waals surface area contributed by atoms with Crippen molar-refractivity contribution < 1.29 is 9.59 Å². The van der Waals surface area contributed by atoms with E-state index in [4.69, 9.17) is 0 Å². The molecular weight excluding hydrogens is 356 g/mol. The summed E-state index contributed by atoms with van der Waals surface area (Å²) in [7, 11) is 1.96. The van der Waals surface area contributed by atoms with Crippen molar-refractivity contribution in [3.05, 3.63) is 18.2 Å². The molecule has 3 saturated heterocycles. The van der Waals surface area contributed by atoms with E-state index in [2.05, 4.69) is 20.9 Å². The Morgan fingerprint density at radius 2 is 2.18 bits per heavy atom. The molecule has 8 nitrogen and oxygen atoms in total. The van der Waals surface area contributed by atoms with Gasteiger partial charge in [-0.1, -0.05) is 0 Å². The zero-order chi connectivity index (χ0) is 19.5. The van der Waals surface area contributed by atoms with Crippen LogP contribution >= 0.6 is 0 Å². The summed E-state index contributed by atoms with van der Waals surface area (Å²) in [5.41, 5.74) is 0.996. The highest BCUT2D eigenvalue weighted by atomic mass is 16.2. The predicted octanol–water partition coefficient (Wildman–Crippen LogP) is -0.170. The molecule has 3 aliphatic rings. The molecule has 4 rings (SSSR count). The van der Waals surface area contributed by atoms with E-state index in [1.165, 1.54) is 0 Å². The van der Waals surface area contributed by atoms with E-state index >= 15 is 0 Å². The smallest absolute Gasteiger partial charge is 0.237 e. The van der Waals surface area contributed by atoms with Crippen LogP contribution in [0.15, 0.2) is 12.5 Å². The molecule has 2 unspecified atom stereocenters. The molecule has 1 aromatic heterocycles. The van der Waals surface area contributed by atoms with Crippen molar-refractivity contribution in [1.29, 1.82) is 0 Å². The molecule has 3 aliphatic heterocycles. The van der Waals surface area contributed by atoms with Gasteiger partial charge in [-0.15, -0.1) is 0 Å². The summed E-state index contributed by atoms with van der Waals surface area (Å²) in [4.78, 5) is 32.0. The Morgan fingerprint density at radius 3 is 2.93 bits per heavy atom. The van der Waals surface area contributed by atoms with Crippen LogP contribution in [0.3, 0.4) is 0 Å². The lowest BCUT2D eigenvalue weighted by atomic mass is 9.90. The second kappa shape index (κ2) is 8.61. The zero-order valence-corrected chi connectivity index (χ0v) is 16.7. The summed E-state index contributed by atoms with van der Waals surface area (Å²) in [6, 6.07) is -0.0370. The van der Waals surface area contributed by atoms with Crippen LogP contribution in [-0.2, 0) is 16.6 Å². The summed E-state index contributed by atoms with van der Waals surface area (Å²) in [5.74, 6) is 0.768. The van der Waals surface area contributed by atoms with E-state index in [1.54, 1.807) is 6.33 Å². The molecule has 0 saturated carbocycles. The number of amides is 2. The Balaban J connectivity index is 1.32. The fourth-order valence-corrected chi connectivity index (χ4v) is 4.82. The predicted molar refractivity (Wildman–Crippen MR) is 106 cm³/mol. The molecule has 0 aliphatic carbocycles. The topological polar surface area (TPSA) is 91.3 Å². The van der Waals surface area contributed by atoms with Crippen LogP contribution in [0.5, 0.6) is 0 Å². The van der Waals surface area contributed by atoms with Crippen molar-refractivity contribution in [2.75, 3.05) is 39.3 Å². The van der Waals surface area contributed by atoms with Gasteiger partial charge in [0, 0.05) is 51.9 Å². The van der Waals surface area contributed by atoms with E-state index in [0.717, 1.165) is 57.6 Å². The van der Waals surface area contributed by atoms with Crippen molar-refractivity contribution >= 4 is 11.8 Å². The van der Waals surface area contributed by atoms with Gasteiger partial charge in [-0.25, -0.2) is 4.98 Å². The van der Waals surface area contributed by atoms with Gasteiger partial charge >= 0.3 is 0 Å². The molecule has 4 atom stereocenters. The second-order valence-electron chi connectivity index (χ2n) is 8.52. The molecule has 1 aromatic rings. The molecule has 0 bridgehead atoms. The van der Waals surface area contributed by atoms with Crippen LogP contribution in [0.1, 0.15) is 37.3 Å². The van der Waals surface area contributed by atoms with Crippen LogP contribution in [0.25, 0.3) is 0 Å².